The van der Waals surface area contributed by atoms with E-state index >= 15 is 0 Å². The van der Waals surface area contributed by atoms with Crippen molar-refractivity contribution in [3.8, 4) is 0 Å². The minimum Gasteiger partial charge on any atom is -0.480 e. The second-order valence-electron chi connectivity index (χ2n) is 7.03. The zero-order valence-corrected chi connectivity index (χ0v) is 14.6. The molecule has 136 valence electrons. The van der Waals surface area contributed by atoms with Crippen LogP contribution in [0.15, 0.2) is 42.7 Å². The number of aromatic amines is 1. The molecule has 1 amide bonds. The highest BCUT2D eigenvalue weighted by molar-refractivity contribution is 6.09. The lowest BCUT2D eigenvalue weighted by Crippen LogP contribution is -2.56. The Balaban J connectivity index is 1.73. The average molecular weight is 354 g/mol. The predicted octanol–water partition coefficient (Wildman–Crippen LogP) is 3.01. The van der Waals surface area contributed by atoms with Crippen LogP contribution in [0.25, 0.3) is 0 Å². The monoisotopic (exact) mass is 354 g/mol. The molecule has 6 heteroatoms. The highest BCUT2D eigenvalue weighted by Gasteiger charge is 2.42. The minimum atomic E-state index is -1.21. The van der Waals surface area contributed by atoms with Gasteiger partial charge >= 0.3 is 5.97 Å². The van der Waals surface area contributed by atoms with Gasteiger partial charge in [0, 0.05) is 29.1 Å². The number of nitrogens with one attached hydrogen (secondary N) is 2. The van der Waals surface area contributed by atoms with Crippen LogP contribution in [0.5, 0.6) is 0 Å². The van der Waals surface area contributed by atoms with E-state index < -0.39 is 17.4 Å². The van der Waals surface area contributed by atoms with E-state index in [1.807, 2.05) is 0 Å². The molecule has 1 heterocycles. The van der Waals surface area contributed by atoms with Crippen LogP contribution in [0, 0.1) is 5.92 Å². The van der Waals surface area contributed by atoms with Crippen LogP contribution < -0.4 is 5.32 Å². The number of aliphatic carboxylic acids is 1. The van der Waals surface area contributed by atoms with Crippen LogP contribution in [-0.4, -0.2) is 33.3 Å². The molecule has 0 spiro atoms. The first-order valence-corrected chi connectivity index (χ1v) is 8.75. The second-order valence-corrected chi connectivity index (χ2v) is 7.03. The van der Waals surface area contributed by atoms with Crippen molar-refractivity contribution >= 4 is 17.7 Å². The molecule has 0 atom stereocenters. The quantitative estimate of drug-likeness (QED) is 0.719. The van der Waals surface area contributed by atoms with Crippen molar-refractivity contribution in [3.05, 3.63) is 59.4 Å². The average Bonchev–Trinajstić information content (AvgIpc) is 3.18. The fourth-order valence-corrected chi connectivity index (χ4v) is 3.34. The summed E-state index contributed by atoms with van der Waals surface area (Å²) in [5, 5.41) is 12.3. The maximum absolute atomic E-state index is 12.5. The van der Waals surface area contributed by atoms with Gasteiger partial charge < -0.3 is 15.4 Å². The molecule has 0 radical (unpaired) electrons. The number of benzene rings is 1. The molecule has 1 saturated carbocycles. The Labute approximate surface area is 151 Å². The van der Waals surface area contributed by atoms with Gasteiger partial charge in [-0.25, -0.2) is 4.79 Å². The van der Waals surface area contributed by atoms with Crippen LogP contribution in [-0.2, 0) is 4.79 Å². The molecule has 6 nitrogen and oxygen atoms in total. The van der Waals surface area contributed by atoms with Gasteiger partial charge in [0.05, 0.1) is 0 Å². The van der Waals surface area contributed by atoms with Crippen molar-refractivity contribution < 1.29 is 19.5 Å². The van der Waals surface area contributed by atoms with E-state index in [1.54, 1.807) is 42.7 Å². The van der Waals surface area contributed by atoms with E-state index in [2.05, 4.69) is 17.2 Å². The number of H-pyrrole nitrogens is 1. The van der Waals surface area contributed by atoms with Crippen molar-refractivity contribution in [1.29, 1.82) is 0 Å². The Bertz CT molecular complexity index is 801. The standard InChI is InChI=1S/C20H22N2O4/c1-13-6-9-20(10-7-13,19(25)26)22-18(24)15-4-2-14(3-5-15)17(23)16-8-11-21-12-16/h2-5,8,11-13,21H,6-7,9-10H2,1H3,(H,22,24)(H,25,26). The Morgan fingerprint density at radius 1 is 1.04 bits per heavy atom. The molecule has 3 N–H and O–H groups in total. The fourth-order valence-electron chi connectivity index (χ4n) is 3.34. The predicted molar refractivity (Wildman–Crippen MR) is 96.1 cm³/mol. The number of amides is 1. The molecule has 0 aliphatic heterocycles. The highest BCUT2D eigenvalue weighted by atomic mass is 16.4. The van der Waals surface area contributed by atoms with Gasteiger partial charge in [-0.2, -0.15) is 0 Å². The summed E-state index contributed by atoms with van der Waals surface area (Å²) in [6.45, 7) is 2.09. The van der Waals surface area contributed by atoms with Gasteiger partial charge in [-0.15, -0.1) is 0 Å². The maximum Gasteiger partial charge on any atom is 0.329 e. The first-order chi connectivity index (χ1) is 12.4. The zero-order valence-electron chi connectivity index (χ0n) is 14.6. The van der Waals surface area contributed by atoms with Crippen LogP contribution in [0.4, 0.5) is 0 Å². The van der Waals surface area contributed by atoms with Gasteiger partial charge in [-0.1, -0.05) is 19.1 Å². The molecule has 1 aromatic carbocycles. The number of ketones is 1. The summed E-state index contributed by atoms with van der Waals surface area (Å²) < 4.78 is 0. The van der Waals surface area contributed by atoms with E-state index in [4.69, 9.17) is 0 Å². The molecule has 2 aromatic rings. The zero-order chi connectivity index (χ0) is 18.7. The fraction of sp³-hybridized carbons (Fsp3) is 0.350. The van der Waals surface area contributed by atoms with E-state index in [0.29, 0.717) is 35.4 Å². The SMILES string of the molecule is CC1CCC(NC(=O)c2ccc(C(=O)c3cc[nH]c3)cc2)(C(=O)O)CC1. The van der Waals surface area contributed by atoms with Gasteiger partial charge in [0.1, 0.15) is 5.54 Å². The van der Waals surface area contributed by atoms with Gasteiger partial charge in [0.15, 0.2) is 5.78 Å². The summed E-state index contributed by atoms with van der Waals surface area (Å²) in [6.07, 6.45) is 5.70. The molecule has 26 heavy (non-hydrogen) atoms. The maximum atomic E-state index is 12.5. The summed E-state index contributed by atoms with van der Waals surface area (Å²) >= 11 is 0. The number of carboxylic acids is 1. The normalized spacial score (nSPS) is 22.6. The molecule has 0 unspecified atom stereocenters. The van der Waals surface area contributed by atoms with Crippen LogP contribution >= 0.6 is 0 Å². The summed E-state index contributed by atoms with van der Waals surface area (Å²) in [5.41, 5.74) is 0.155. The summed E-state index contributed by atoms with van der Waals surface area (Å²) in [6, 6.07) is 7.96. The number of hydrogen-bond acceptors (Lipinski definition) is 3. The number of aromatic nitrogens is 1. The smallest absolute Gasteiger partial charge is 0.329 e. The van der Waals surface area contributed by atoms with Crippen LogP contribution in [0.2, 0.25) is 0 Å². The lowest BCUT2D eigenvalue weighted by Gasteiger charge is -2.36. The third kappa shape index (κ3) is 3.54. The summed E-state index contributed by atoms with van der Waals surface area (Å²) in [7, 11) is 0. The Morgan fingerprint density at radius 3 is 2.19 bits per heavy atom. The number of carbonyl (C=O) groups excluding carboxylic acids is 2. The first-order valence-electron chi connectivity index (χ1n) is 8.75. The number of rotatable bonds is 5. The van der Waals surface area contributed by atoms with E-state index in [1.165, 1.54) is 0 Å². The molecule has 0 bridgehead atoms. The number of hydrogen-bond donors (Lipinski definition) is 3. The lowest BCUT2D eigenvalue weighted by molar-refractivity contribution is -0.146. The summed E-state index contributed by atoms with van der Waals surface area (Å²) in [5.74, 6) is -1.08. The first kappa shape index (κ1) is 17.9. The van der Waals surface area contributed by atoms with Gasteiger partial charge in [0.25, 0.3) is 5.91 Å². The van der Waals surface area contributed by atoms with E-state index in [-0.39, 0.29) is 5.78 Å². The second kappa shape index (κ2) is 7.15. The lowest BCUT2D eigenvalue weighted by atomic mass is 9.77. The largest absolute Gasteiger partial charge is 0.480 e. The Kier molecular flexibility index (Phi) is 4.93. The Morgan fingerprint density at radius 2 is 1.65 bits per heavy atom. The van der Waals surface area contributed by atoms with Gasteiger partial charge in [0.2, 0.25) is 0 Å². The van der Waals surface area contributed by atoms with Crippen molar-refractivity contribution in [1.82, 2.24) is 10.3 Å². The molecule has 0 saturated heterocycles. The molecular weight excluding hydrogens is 332 g/mol. The third-order valence-corrected chi connectivity index (χ3v) is 5.16. The molecule has 1 aromatic heterocycles. The number of carbonyl (C=O) groups is 3. The summed E-state index contributed by atoms with van der Waals surface area (Å²) in [4.78, 5) is 39.4. The molecule has 1 aliphatic carbocycles. The highest BCUT2D eigenvalue weighted by Crippen LogP contribution is 2.32. The molecule has 1 aliphatic rings. The van der Waals surface area contributed by atoms with Gasteiger partial charge in [-0.05, 0) is 49.8 Å². The van der Waals surface area contributed by atoms with E-state index in [0.717, 1.165) is 12.8 Å². The topological polar surface area (TPSA) is 99.3 Å². The minimum absolute atomic E-state index is 0.138. The van der Waals surface area contributed by atoms with Crippen molar-refractivity contribution in [2.24, 2.45) is 5.92 Å². The Hall–Kier alpha value is -2.89. The van der Waals surface area contributed by atoms with Gasteiger partial charge in [-0.3, -0.25) is 9.59 Å². The van der Waals surface area contributed by atoms with Crippen molar-refractivity contribution in [2.45, 2.75) is 38.1 Å². The molecular formula is C20H22N2O4. The number of carboxylic acid groups (broad SMARTS) is 1. The van der Waals surface area contributed by atoms with Crippen molar-refractivity contribution in [3.63, 3.8) is 0 Å². The molecule has 3 rings (SSSR count). The van der Waals surface area contributed by atoms with Crippen LogP contribution in [0.3, 0.4) is 0 Å². The third-order valence-electron chi connectivity index (χ3n) is 5.16. The molecule has 1 fully saturated rings. The van der Waals surface area contributed by atoms with Crippen molar-refractivity contribution in [2.75, 3.05) is 0 Å². The van der Waals surface area contributed by atoms with Crippen LogP contribution in [0.1, 0.15) is 58.9 Å². The van der Waals surface area contributed by atoms with E-state index in [9.17, 15) is 19.5 Å².